The van der Waals surface area contributed by atoms with Gasteiger partial charge in [-0.3, -0.25) is 4.98 Å². The topological polar surface area (TPSA) is 31.4 Å². The molecule has 2 heterocycles. The molecule has 0 aliphatic carbocycles. The lowest BCUT2D eigenvalue weighted by Crippen LogP contribution is -2.41. The number of aryl methyl sites for hydroxylation is 1. The number of hydrogen-bond acceptors (Lipinski definition) is 4. The fourth-order valence-electron chi connectivity index (χ4n) is 2.06. The van der Waals surface area contributed by atoms with Crippen molar-refractivity contribution in [2.75, 3.05) is 5.75 Å². The molecule has 6 heteroatoms. The van der Waals surface area contributed by atoms with E-state index in [1.165, 1.54) is 0 Å². The van der Waals surface area contributed by atoms with Gasteiger partial charge >= 0.3 is 7.12 Å². The second-order valence-electron chi connectivity index (χ2n) is 6.32. The Morgan fingerprint density at radius 1 is 1.33 bits per heavy atom. The molecule has 1 aromatic rings. The van der Waals surface area contributed by atoms with E-state index in [1.807, 2.05) is 46.8 Å². The standard InChI is InChI=1S/C15H21BClNO2S/c1-10-6-12(17)8-18-13(10)7-11(9-21)16-19-14(2,3)15(4,5)20-16/h6-8,21H,9H2,1-5H3. The zero-order chi connectivity index (χ0) is 15.8. The van der Waals surface area contributed by atoms with E-state index in [0.29, 0.717) is 10.8 Å². The van der Waals surface area contributed by atoms with Crippen molar-refractivity contribution in [3.8, 4) is 0 Å². The number of nitrogens with zero attached hydrogens (tertiary/aromatic N) is 1. The van der Waals surface area contributed by atoms with Crippen LogP contribution in [0.2, 0.25) is 5.02 Å². The number of pyridine rings is 1. The van der Waals surface area contributed by atoms with Crippen LogP contribution in [-0.2, 0) is 9.31 Å². The summed E-state index contributed by atoms with van der Waals surface area (Å²) in [6, 6.07) is 1.89. The average Bonchev–Trinajstić information content (AvgIpc) is 2.57. The summed E-state index contributed by atoms with van der Waals surface area (Å²) in [7, 11) is -0.399. The molecule has 0 N–H and O–H groups in total. The minimum absolute atomic E-state index is 0.359. The van der Waals surface area contributed by atoms with Crippen molar-refractivity contribution >= 4 is 37.4 Å². The zero-order valence-corrected chi connectivity index (χ0v) is 14.8. The van der Waals surface area contributed by atoms with Crippen LogP contribution in [-0.4, -0.2) is 29.1 Å². The Morgan fingerprint density at radius 3 is 2.38 bits per heavy atom. The van der Waals surface area contributed by atoms with Crippen molar-refractivity contribution in [2.45, 2.75) is 45.8 Å². The molecule has 1 aliphatic rings. The lowest BCUT2D eigenvalue weighted by molar-refractivity contribution is 0.00578. The van der Waals surface area contributed by atoms with E-state index >= 15 is 0 Å². The van der Waals surface area contributed by atoms with E-state index < -0.39 is 7.12 Å². The van der Waals surface area contributed by atoms with Crippen molar-refractivity contribution in [2.24, 2.45) is 0 Å². The molecule has 0 radical (unpaired) electrons. The zero-order valence-electron chi connectivity index (χ0n) is 13.1. The van der Waals surface area contributed by atoms with Crippen LogP contribution in [0.25, 0.3) is 6.08 Å². The van der Waals surface area contributed by atoms with Crippen molar-refractivity contribution in [3.63, 3.8) is 0 Å². The first-order valence-corrected chi connectivity index (χ1v) is 7.96. The van der Waals surface area contributed by atoms with Crippen molar-refractivity contribution in [1.29, 1.82) is 0 Å². The van der Waals surface area contributed by atoms with Crippen LogP contribution < -0.4 is 0 Å². The first kappa shape index (κ1) is 16.9. The highest BCUT2D eigenvalue weighted by Gasteiger charge is 2.52. The van der Waals surface area contributed by atoms with Gasteiger partial charge in [0.2, 0.25) is 0 Å². The van der Waals surface area contributed by atoms with Crippen molar-refractivity contribution < 1.29 is 9.31 Å². The molecule has 2 rings (SSSR count). The maximum absolute atomic E-state index is 6.06. The van der Waals surface area contributed by atoms with Gasteiger partial charge in [-0.05, 0) is 57.8 Å². The largest absolute Gasteiger partial charge is 0.491 e. The number of thiol groups is 1. The fraction of sp³-hybridized carbons (Fsp3) is 0.533. The van der Waals surface area contributed by atoms with Crippen molar-refractivity contribution in [1.82, 2.24) is 4.98 Å². The molecular formula is C15H21BClNO2S. The predicted molar refractivity (Wildman–Crippen MR) is 91.9 cm³/mol. The second-order valence-corrected chi connectivity index (χ2v) is 7.07. The molecule has 21 heavy (non-hydrogen) atoms. The highest BCUT2D eigenvalue weighted by molar-refractivity contribution is 7.80. The van der Waals surface area contributed by atoms with E-state index in [-0.39, 0.29) is 11.2 Å². The third-order valence-corrected chi connectivity index (χ3v) is 4.72. The minimum atomic E-state index is -0.399. The number of aromatic nitrogens is 1. The SMILES string of the molecule is Cc1cc(Cl)cnc1C=C(CS)B1OC(C)(C)C(C)(C)O1. The molecule has 0 unspecified atom stereocenters. The third-order valence-electron chi connectivity index (χ3n) is 4.15. The Bertz CT molecular complexity index is 559. The molecule has 0 atom stereocenters. The first-order chi connectivity index (χ1) is 9.66. The first-order valence-electron chi connectivity index (χ1n) is 6.95. The van der Waals surface area contributed by atoms with Gasteiger partial charge < -0.3 is 9.31 Å². The average molecular weight is 326 g/mol. The van der Waals surface area contributed by atoms with Gasteiger partial charge in [0, 0.05) is 11.9 Å². The molecule has 0 aromatic carbocycles. The van der Waals surface area contributed by atoms with Gasteiger partial charge in [-0.2, -0.15) is 12.6 Å². The van der Waals surface area contributed by atoms with Gasteiger partial charge in [-0.1, -0.05) is 11.6 Å². The Morgan fingerprint density at radius 2 is 1.90 bits per heavy atom. The highest BCUT2D eigenvalue weighted by Crippen LogP contribution is 2.39. The Balaban J connectivity index is 2.31. The summed E-state index contributed by atoms with van der Waals surface area (Å²) >= 11 is 10.3. The molecule has 1 aliphatic heterocycles. The fourth-order valence-corrected chi connectivity index (χ4v) is 2.51. The molecule has 0 saturated carbocycles. The van der Waals surface area contributed by atoms with Crippen LogP contribution in [0.4, 0.5) is 0 Å². The maximum atomic E-state index is 6.06. The van der Waals surface area contributed by atoms with E-state index in [9.17, 15) is 0 Å². The van der Waals surface area contributed by atoms with Crippen LogP contribution >= 0.6 is 24.2 Å². The summed E-state index contributed by atoms with van der Waals surface area (Å²) in [4.78, 5) is 4.36. The molecule has 0 amide bonds. The highest BCUT2D eigenvalue weighted by atomic mass is 35.5. The van der Waals surface area contributed by atoms with Gasteiger partial charge in [0.15, 0.2) is 0 Å². The summed E-state index contributed by atoms with van der Waals surface area (Å²) in [5.41, 5.74) is 2.11. The summed E-state index contributed by atoms with van der Waals surface area (Å²) in [5.74, 6) is 0.542. The van der Waals surface area contributed by atoms with Crippen LogP contribution in [0, 0.1) is 6.92 Å². The molecular weight excluding hydrogens is 305 g/mol. The van der Waals surface area contributed by atoms with Gasteiger partial charge in [0.25, 0.3) is 0 Å². The number of halogens is 1. The van der Waals surface area contributed by atoms with E-state index in [4.69, 9.17) is 20.9 Å². The van der Waals surface area contributed by atoms with Crippen LogP contribution in [0.1, 0.15) is 39.0 Å². The van der Waals surface area contributed by atoms with Crippen LogP contribution in [0.5, 0.6) is 0 Å². The molecule has 3 nitrogen and oxygen atoms in total. The molecule has 0 bridgehead atoms. The quantitative estimate of drug-likeness (QED) is 0.673. The smallest absolute Gasteiger partial charge is 0.400 e. The molecule has 1 saturated heterocycles. The Hall–Kier alpha value is -0.485. The maximum Gasteiger partial charge on any atom is 0.491 e. The van der Waals surface area contributed by atoms with Gasteiger partial charge in [-0.15, -0.1) is 0 Å². The van der Waals surface area contributed by atoms with Crippen LogP contribution in [0.15, 0.2) is 17.7 Å². The Labute approximate surface area is 137 Å². The summed E-state index contributed by atoms with van der Waals surface area (Å²) in [5, 5.41) is 0.632. The number of rotatable bonds is 3. The van der Waals surface area contributed by atoms with E-state index in [2.05, 4.69) is 17.6 Å². The summed E-state index contributed by atoms with van der Waals surface area (Å²) < 4.78 is 12.1. The van der Waals surface area contributed by atoms with Crippen LogP contribution in [0.3, 0.4) is 0 Å². The lowest BCUT2D eigenvalue weighted by Gasteiger charge is -2.32. The van der Waals surface area contributed by atoms with E-state index in [1.54, 1.807) is 6.20 Å². The van der Waals surface area contributed by atoms with Crippen molar-refractivity contribution in [3.05, 3.63) is 34.0 Å². The molecule has 0 spiro atoms. The minimum Gasteiger partial charge on any atom is -0.400 e. The monoisotopic (exact) mass is 325 g/mol. The van der Waals surface area contributed by atoms with Gasteiger partial charge in [0.05, 0.1) is 21.9 Å². The summed E-state index contributed by atoms with van der Waals surface area (Å²) in [6.07, 6.45) is 3.61. The second kappa shape index (κ2) is 5.96. The molecule has 114 valence electrons. The molecule has 1 fully saturated rings. The normalized spacial score (nSPS) is 20.9. The van der Waals surface area contributed by atoms with Gasteiger partial charge in [-0.25, -0.2) is 0 Å². The molecule has 1 aromatic heterocycles. The predicted octanol–water partition coefficient (Wildman–Crippen LogP) is 3.99. The number of hydrogen-bond donors (Lipinski definition) is 1. The van der Waals surface area contributed by atoms with Gasteiger partial charge in [0.1, 0.15) is 0 Å². The third kappa shape index (κ3) is 3.47. The summed E-state index contributed by atoms with van der Waals surface area (Å²) in [6.45, 7) is 10.1. The lowest BCUT2D eigenvalue weighted by atomic mass is 9.78. The van der Waals surface area contributed by atoms with E-state index in [0.717, 1.165) is 16.7 Å². The Kier molecular flexibility index (Phi) is 4.79.